The Morgan fingerprint density at radius 2 is 1.88 bits per heavy atom. The number of hydrogen-bond acceptors (Lipinski definition) is 4. The van der Waals surface area contributed by atoms with Gasteiger partial charge in [-0.15, -0.1) is 0 Å². The van der Waals surface area contributed by atoms with Crippen LogP contribution in [0.4, 0.5) is 14.5 Å². The van der Waals surface area contributed by atoms with E-state index in [-0.39, 0.29) is 5.69 Å². The molecule has 0 unspecified atom stereocenters. The first-order valence-corrected chi connectivity index (χ1v) is 7.16. The highest BCUT2D eigenvalue weighted by molar-refractivity contribution is 5.81. The van der Waals surface area contributed by atoms with Gasteiger partial charge in [0.05, 0.1) is 21.7 Å². The quantitative estimate of drug-likeness (QED) is 0.437. The third-order valence-corrected chi connectivity index (χ3v) is 3.72. The number of benzene rings is 2. The molecule has 0 atom stereocenters. The fraction of sp³-hybridized carbons (Fsp3) is 0. The normalized spacial score (nSPS) is 11.1. The number of nitrogens with one attached hydrogen (secondary N) is 2. The van der Waals surface area contributed by atoms with E-state index in [2.05, 4.69) is 20.2 Å². The van der Waals surface area contributed by atoms with Crippen molar-refractivity contribution in [3.05, 3.63) is 64.2 Å². The van der Waals surface area contributed by atoms with Crippen LogP contribution in [0.15, 0.2) is 42.5 Å². The Morgan fingerprint density at radius 3 is 2.64 bits per heavy atom. The molecule has 2 N–H and O–H groups in total. The highest BCUT2D eigenvalue weighted by Gasteiger charge is 2.13. The molecule has 0 amide bonds. The van der Waals surface area contributed by atoms with Gasteiger partial charge in [0.15, 0.2) is 17.5 Å². The lowest BCUT2D eigenvalue weighted by atomic mass is 10.1. The van der Waals surface area contributed by atoms with Gasteiger partial charge in [0.1, 0.15) is 5.69 Å². The zero-order chi connectivity index (χ0) is 17.6. The number of fused-ring (bicyclic) bond motifs is 1. The van der Waals surface area contributed by atoms with Crippen LogP contribution in [-0.2, 0) is 0 Å². The number of aromatic nitrogens is 4. The first-order valence-electron chi connectivity index (χ1n) is 7.16. The van der Waals surface area contributed by atoms with Crippen molar-refractivity contribution < 1.29 is 13.7 Å². The van der Waals surface area contributed by atoms with E-state index in [0.29, 0.717) is 33.8 Å². The van der Waals surface area contributed by atoms with Crippen LogP contribution in [0.3, 0.4) is 0 Å². The zero-order valence-electron chi connectivity index (χ0n) is 12.5. The highest BCUT2D eigenvalue weighted by atomic mass is 19.2. The SMILES string of the molecule is O=[N+]([O-])c1ccc2nc(-c3cc(-c4ccc(F)c(F)c4)n[nH]3)[nH]c2c1. The number of aromatic amines is 2. The van der Waals surface area contributed by atoms with Crippen LogP contribution in [0, 0.1) is 21.7 Å². The zero-order valence-corrected chi connectivity index (χ0v) is 12.5. The van der Waals surface area contributed by atoms with E-state index in [1.165, 1.54) is 18.2 Å². The summed E-state index contributed by atoms with van der Waals surface area (Å²) in [5, 5.41) is 17.7. The van der Waals surface area contributed by atoms with Crippen LogP contribution < -0.4 is 0 Å². The first-order chi connectivity index (χ1) is 12.0. The molecule has 0 aliphatic rings. The van der Waals surface area contributed by atoms with Crippen LogP contribution in [-0.4, -0.2) is 25.1 Å². The molecule has 2 aromatic carbocycles. The lowest BCUT2D eigenvalue weighted by molar-refractivity contribution is -0.384. The molecule has 0 fully saturated rings. The molecule has 9 heteroatoms. The maximum absolute atomic E-state index is 13.4. The number of rotatable bonds is 3. The summed E-state index contributed by atoms with van der Waals surface area (Å²) >= 11 is 0. The standard InChI is InChI=1S/C16H9F2N5O2/c17-10-3-1-8(5-11(10)18)13-7-15(22-21-13)16-19-12-4-2-9(23(24)25)6-14(12)20-16/h1-7H,(H,19,20)(H,21,22). The lowest BCUT2D eigenvalue weighted by Gasteiger charge is -1.96. The molecular formula is C16H9F2N5O2. The summed E-state index contributed by atoms with van der Waals surface area (Å²) in [6, 6.07) is 9.42. The summed E-state index contributed by atoms with van der Waals surface area (Å²) < 4.78 is 26.4. The molecule has 4 aromatic rings. The Kier molecular flexibility index (Phi) is 3.27. The minimum atomic E-state index is -0.960. The second-order valence-corrected chi connectivity index (χ2v) is 5.34. The molecule has 0 saturated heterocycles. The largest absolute Gasteiger partial charge is 0.336 e. The van der Waals surface area contributed by atoms with Crippen molar-refractivity contribution in [2.45, 2.75) is 0 Å². The first kappa shape index (κ1) is 14.9. The van der Waals surface area contributed by atoms with E-state index >= 15 is 0 Å². The van der Waals surface area contributed by atoms with Crippen LogP contribution >= 0.6 is 0 Å². The molecule has 0 spiro atoms. The van der Waals surface area contributed by atoms with Gasteiger partial charge < -0.3 is 4.98 Å². The predicted octanol–water partition coefficient (Wildman–Crippen LogP) is 3.81. The van der Waals surface area contributed by atoms with Gasteiger partial charge in [0.2, 0.25) is 0 Å². The average molecular weight is 341 g/mol. The van der Waals surface area contributed by atoms with Gasteiger partial charge in [-0.1, -0.05) is 0 Å². The van der Waals surface area contributed by atoms with Gasteiger partial charge in [0, 0.05) is 17.7 Å². The summed E-state index contributed by atoms with van der Waals surface area (Å²) in [5.41, 5.74) is 2.36. The maximum Gasteiger partial charge on any atom is 0.271 e. The highest BCUT2D eigenvalue weighted by Crippen LogP contribution is 2.26. The summed E-state index contributed by atoms with van der Waals surface area (Å²) in [4.78, 5) is 17.7. The Bertz CT molecular complexity index is 1120. The van der Waals surface area contributed by atoms with Gasteiger partial charge in [-0.05, 0) is 30.3 Å². The van der Waals surface area contributed by atoms with Gasteiger partial charge >= 0.3 is 0 Å². The molecular weight excluding hydrogens is 332 g/mol. The predicted molar refractivity (Wildman–Crippen MR) is 85.7 cm³/mol. The molecule has 0 saturated carbocycles. The smallest absolute Gasteiger partial charge is 0.271 e. The minimum absolute atomic E-state index is 0.0465. The Morgan fingerprint density at radius 1 is 1.04 bits per heavy atom. The van der Waals surface area contributed by atoms with Gasteiger partial charge in [-0.3, -0.25) is 15.2 Å². The summed E-state index contributed by atoms with van der Waals surface area (Å²) in [7, 11) is 0. The summed E-state index contributed by atoms with van der Waals surface area (Å²) in [6.45, 7) is 0. The molecule has 0 aliphatic carbocycles. The number of imidazole rings is 1. The number of nitrogens with zero attached hydrogens (tertiary/aromatic N) is 3. The second-order valence-electron chi connectivity index (χ2n) is 5.34. The van der Waals surface area contributed by atoms with E-state index in [1.54, 1.807) is 12.1 Å². The topological polar surface area (TPSA) is 100 Å². The summed E-state index contributed by atoms with van der Waals surface area (Å²) in [6.07, 6.45) is 0. The molecule has 0 bridgehead atoms. The third-order valence-electron chi connectivity index (χ3n) is 3.72. The van der Waals surface area contributed by atoms with Crippen molar-refractivity contribution >= 4 is 16.7 Å². The van der Waals surface area contributed by atoms with Crippen molar-refractivity contribution in [3.63, 3.8) is 0 Å². The molecule has 0 aliphatic heterocycles. The number of H-pyrrole nitrogens is 2. The van der Waals surface area contributed by atoms with Crippen LogP contribution in [0.2, 0.25) is 0 Å². The number of hydrogen-bond donors (Lipinski definition) is 2. The number of non-ortho nitro benzene ring substituents is 1. The Hall–Kier alpha value is -3.62. The second kappa shape index (κ2) is 5.48. The van der Waals surface area contributed by atoms with Crippen LogP contribution in [0.1, 0.15) is 0 Å². The van der Waals surface area contributed by atoms with Crippen molar-refractivity contribution in [2.75, 3.05) is 0 Å². The molecule has 2 heterocycles. The maximum atomic E-state index is 13.4. The molecule has 2 aromatic heterocycles. The van der Waals surface area contributed by atoms with E-state index in [4.69, 9.17) is 0 Å². The number of halogens is 2. The monoisotopic (exact) mass is 341 g/mol. The molecule has 0 radical (unpaired) electrons. The fourth-order valence-electron chi connectivity index (χ4n) is 2.49. The van der Waals surface area contributed by atoms with Crippen LogP contribution in [0.5, 0.6) is 0 Å². The van der Waals surface area contributed by atoms with Crippen molar-refractivity contribution in [2.24, 2.45) is 0 Å². The average Bonchev–Trinajstić information content (AvgIpc) is 3.22. The third kappa shape index (κ3) is 2.61. The van der Waals surface area contributed by atoms with Gasteiger partial charge in [0.25, 0.3) is 5.69 Å². The van der Waals surface area contributed by atoms with Crippen molar-refractivity contribution in [3.8, 4) is 22.8 Å². The number of nitro benzene ring substituents is 1. The van der Waals surface area contributed by atoms with E-state index < -0.39 is 16.6 Å². The Balaban J connectivity index is 1.73. The van der Waals surface area contributed by atoms with E-state index in [9.17, 15) is 18.9 Å². The van der Waals surface area contributed by atoms with Crippen molar-refractivity contribution in [1.82, 2.24) is 20.2 Å². The van der Waals surface area contributed by atoms with E-state index in [1.807, 2.05) is 0 Å². The summed E-state index contributed by atoms with van der Waals surface area (Å²) in [5.74, 6) is -1.46. The van der Waals surface area contributed by atoms with Crippen LogP contribution in [0.25, 0.3) is 33.8 Å². The lowest BCUT2D eigenvalue weighted by Crippen LogP contribution is -1.86. The fourth-order valence-corrected chi connectivity index (χ4v) is 2.49. The Labute approximate surface area is 138 Å². The molecule has 7 nitrogen and oxygen atoms in total. The number of nitro groups is 1. The van der Waals surface area contributed by atoms with Gasteiger partial charge in [-0.25, -0.2) is 13.8 Å². The molecule has 124 valence electrons. The minimum Gasteiger partial charge on any atom is -0.336 e. The molecule has 4 rings (SSSR count). The van der Waals surface area contributed by atoms with Crippen molar-refractivity contribution in [1.29, 1.82) is 0 Å². The molecule has 25 heavy (non-hydrogen) atoms. The van der Waals surface area contributed by atoms with Gasteiger partial charge in [-0.2, -0.15) is 5.10 Å². The van der Waals surface area contributed by atoms with E-state index in [0.717, 1.165) is 12.1 Å².